The lowest BCUT2D eigenvalue weighted by Crippen LogP contribution is -2.57. The number of nitrogens with one attached hydrogen (secondary N) is 3. The normalized spacial score (nSPS) is 22.1. The van der Waals surface area contributed by atoms with Gasteiger partial charge in [-0.1, -0.05) is 19.3 Å². The number of hydrogen-bond acceptors (Lipinski definition) is 9. The number of nitrogens with two attached hydrogens (primary N) is 1. The number of nitrogen functional groups attached to an aromatic ring is 1. The minimum absolute atomic E-state index is 0.00623. The average Bonchev–Trinajstić information content (AvgIpc) is 2.76. The van der Waals surface area contributed by atoms with Gasteiger partial charge in [-0.05, 0) is 31.6 Å². The summed E-state index contributed by atoms with van der Waals surface area (Å²) in [6.45, 7) is 0.460. The van der Waals surface area contributed by atoms with E-state index in [4.69, 9.17) is 10.6 Å². The van der Waals surface area contributed by atoms with Gasteiger partial charge in [-0.15, -0.1) is 0 Å². The van der Waals surface area contributed by atoms with E-state index in [9.17, 15) is 19.5 Å². The minimum atomic E-state index is -1.23. The molecule has 0 unspecified atom stereocenters. The fourth-order valence-electron chi connectivity index (χ4n) is 3.75. The highest BCUT2D eigenvalue weighted by Gasteiger charge is 2.34. The first-order valence-corrected chi connectivity index (χ1v) is 10.2. The Labute approximate surface area is 174 Å². The summed E-state index contributed by atoms with van der Waals surface area (Å²) in [6, 6.07) is -0.746. The van der Waals surface area contributed by atoms with Crippen LogP contribution < -0.4 is 22.1 Å². The van der Waals surface area contributed by atoms with Gasteiger partial charge in [-0.25, -0.2) is 9.59 Å². The lowest BCUT2D eigenvalue weighted by molar-refractivity contribution is -0.158. The van der Waals surface area contributed by atoms with Gasteiger partial charge in [0, 0.05) is 19.2 Å². The first kappa shape index (κ1) is 21.8. The van der Waals surface area contributed by atoms with Crippen LogP contribution in [0.5, 0.6) is 0 Å². The zero-order valence-electron chi connectivity index (χ0n) is 16.7. The number of nitrogens with zero attached hydrogens (tertiary/aromatic N) is 2. The number of pyridine rings is 1. The lowest BCUT2D eigenvalue weighted by atomic mass is 9.84. The number of amides is 1. The van der Waals surface area contributed by atoms with Gasteiger partial charge in [-0.3, -0.25) is 15.2 Å². The van der Waals surface area contributed by atoms with Crippen LogP contribution in [0, 0.1) is 5.92 Å². The molecule has 1 saturated carbocycles. The largest absolute Gasteiger partial charge is 0.478 e. The molecule has 1 amide bonds. The van der Waals surface area contributed by atoms with Crippen molar-refractivity contribution in [3.8, 4) is 0 Å². The zero-order chi connectivity index (χ0) is 21.5. The number of aromatic nitrogens is 1. The Balaban J connectivity index is 1.87. The van der Waals surface area contributed by atoms with Gasteiger partial charge in [0.05, 0.1) is 17.6 Å². The molecule has 2 heterocycles. The molecule has 1 aromatic rings. The van der Waals surface area contributed by atoms with Crippen LogP contribution >= 0.6 is 0 Å². The second-order valence-corrected chi connectivity index (χ2v) is 7.57. The monoisotopic (exact) mass is 420 g/mol. The molecule has 6 N–H and O–H groups in total. The third kappa shape index (κ3) is 5.36. The third-order valence-electron chi connectivity index (χ3n) is 5.44. The average molecular weight is 420 g/mol. The predicted octanol–water partition coefficient (Wildman–Crippen LogP) is 1.20. The molecule has 11 nitrogen and oxygen atoms in total. The SMILES string of the molecule is Nc1c(NN2N[C@@H](C3CCCCC3)C(=O)ONCCCCC2=O)cncc1C(=O)O. The molecule has 2 aliphatic rings. The van der Waals surface area contributed by atoms with Gasteiger partial charge < -0.3 is 15.7 Å². The molecule has 1 saturated heterocycles. The summed E-state index contributed by atoms with van der Waals surface area (Å²) in [5, 5.41) is 10.4. The van der Waals surface area contributed by atoms with Gasteiger partial charge in [0.25, 0.3) is 5.91 Å². The Morgan fingerprint density at radius 2 is 1.97 bits per heavy atom. The number of aromatic carboxylic acids is 1. The van der Waals surface area contributed by atoms with Gasteiger partial charge in [0.15, 0.2) is 0 Å². The first-order chi connectivity index (χ1) is 14.5. The number of rotatable bonds is 4. The number of carbonyl (C=O) groups excluding carboxylic acids is 2. The van der Waals surface area contributed by atoms with E-state index in [0.717, 1.165) is 43.4 Å². The van der Waals surface area contributed by atoms with Crippen molar-refractivity contribution in [3.63, 3.8) is 0 Å². The number of hydroxylamine groups is 1. The standard InChI is InChI=1S/C19H28N6O5/c20-16-13(18(27)28)10-21-11-14(16)23-25-15(26)8-4-5-9-22-30-19(29)17(24-25)12-6-2-1-3-7-12/h10-12,17,22-24H,1-9H2,(H2,20,21)(H,27,28)/t17-/m0/s1. The van der Waals surface area contributed by atoms with E-state index in [0.29, 0.717) is 19.4 Å². The van der Waals surface area contributed by atoms with E-state index in [-0.39, 0.29) is 35.2 Å². The maximum atomic E-state index is 12.9. The Kier molecular flexibility index (Phi) is 7.41. The van der Waals surface area contributed by atoms with Crippen molar-refractivity contribution in [2.75, 3.05) is 17.7 Å². The summed E-state index contributed by atoms with van der Waals surface area (Å²) < 4.78 is 0. The summed E-state index contributed by atoms with van der Waals surface area (Å²) >= 11 is 0. The summed E-state index contributed by atoms with van der Waals surface area (Å²) in [7, 11) is 0. The molecule has 1 aliphatic carbocycles. The predicted molar refractivity (Wildman–Crippen MR) is 108 cm³/mol. The van der Waals surface area contributed by atoms with E-state index in [1.165, 1.54) is 6.20 Å². The van der Waals surface area contributed by atoms with E-state index in [1.807, 2.05) is 0 Å². The molecule has 3 rings (SSSR count). The second-order valence-electron chi connectivity index (χ2n) is 7.57. The zero-order valence-corrected chi connectivity index (χ0v) is 16.7. The van der Waals surface area contributed by atoms with Gasteiger partial charge >= 0.3 is 11.9 Å². The Hall–Kier alpha value is -2.92. The highest BCUT2D eigenvalue weighted by atomic mass is 16.7. The summed E-state index contributed by atoms with van der Waals surface area (Å²) in [4.78, 5) is 46.0. The smallest absolute Gasteiger partial charge is 0.343 e. The fraction of sp³-hybridized carbons (Fsp3) is 0.579. The fourth-order valence-corrected chi connectivity index (χ4v) is 3.75. The van der Waals surface area contributed by atoms with Crippen LogP contribution in [0.2, 0.25) is 0 Å². The summed E-state index contributed by atoms with van der Waals surface area (Å²) in [5.74, 6) is -2.01. The molecular formula is C19H28N6O5. The minimum Gasteiger partial charge on any atom is -0.478 e. The third-order valence-corrected chi connectivity index (χ3v) is 5.44. The highest BCUT2D eigenvalue weighted by molar-refractivity contribution is 5.96. The molecule has 1 atom stereocenters. The topological polar surface area (TPSA) is 159 Å². The number of carboxylic acid groups (broad SMARTS) is 1. The highest BCUT2D eigenvalue weighted by Crippen LogP contribution is 2.28. The molecule has 164 valence electrons. The maximum Gasteiger partial charge on any atom is 0.343 e. The van der Waals surface area contributed by atoms with Crippen molar-refractivity contribution in [3.05, 3.63) is 18.0 Å². The van der Waals surface area contributed by atoms with Gasteiger partial charge in [-0.2, -0.15) is 16.0 Å². The summed E-state index contributed by atoms with van der Waals surface area (Å²) in [5.41, 5.74) is 14.3. The van der Waals surface area contributed by atoms with E-state index in [2.05, 4.69) is 21.3 Å². The second kappa shape index (κ2) is 10.2. The molecule has 2 fully saturated rings. The molecule has 0 spiro atoms. The number of carbonyl (C=O) groups is 3. The van der Waals surface area contributed by atoms with Gasteiger partial charge in [0.1, 0.15) is 11.6 Å². The molecule has 30 heavy (non-hydrogen) atoms. The van der Waals surface area contributed by atoms with Crippen LogP contribution in [-0.2, 0) is 14.4 Å². The van der Waals surface area contributed by atoms with Crippen molar-refractivity contribution >= 4 is 29.2 Å². The van der Waals surface area contributed by atoms with Crippen LogP contribution in [0.25, 0.3) is 0 Å². The maximum absolute atomic E-state index is 12.9. The number of carboxylic acids is 1. The Bertz CT molecular complexity index is 783. The van der Waals surface area contributed by atoms with Crippen LogP contribution in [0.3, 0.4) is 0 Å². The van der Waals surface area contributed by atoms with Crippen molar-refractivity contribution in [1.29, 1.82) is 0 Å². The molecule has 1 aliphatic heterocycles. The Morgan fingerprint density at radius 3 is 2.70 bits per heavy atom. The van der Waals surface area contributed by atoms with Crippen molar-refractivity contribution in [2.24, 2.45) is 5.92 Å². The number of anilines is 2. The van der Waals surface area contributed by atoms with Crippen LogP contribution in [-0.4, -0.2) is 45.6 Å². The molecular weight excluding hydrogens is 392 g/mol. The first-order valence-electron chi connectivity index (χ1n) is 10.2. The van der Waals surface area contributed by atoms with Crippen LogP contribution in [0.15, 0.2) is 12.4 Å². The number of hydrazine groups is 2. The molecule has 1 aromatic heterocycles. The summed E-state index contributed by atoms with van der Waals surface area (Å²) in [6.07, 6.45) is 8.72. The van der Waals surface area contributed by atoms with Crippen molar-refractivity contribution in [2.45, 2.75) is 57.4 Å². The van der Waals surface area contributed by atoms with Crippen molar-refractivity contribution in [1.82, 2.24) is 21.0 Å². The number of hydrogen-bond donors (Lipinski definition) is 5. The van der Waals surface area contributed by atoms with E-state index < -0.39 is 18.0 Å². The lowest BCUT2D eigenvalue weighted by Gasteiger charge is -2.34. The molecule has 0 radical (unpaired) electrons. The van der Waals surface area contributed by atoms with Gasteiger partial charge in [0.2, 0.25) is 0 Å². The quantitative estimate of drug-likeness (QED) is 0.479. The van der Waals surface area contributed by atoms with Crippen molar-refractivity contribution < 1.29 is 24.3 Å². The van der Waals surface area contributed by atoms with E-state index >= 15 is 0 Å². The molecule has 0 aromatic carbocycles. The van der Waals surface area contributed by atoms with Crippen LogP contribution in [0.4, 0.5) is 11.4 Å². The molecule has 11 heteroatoms. The van der Waals surface area contributed by atoms with E-state index in [1.54, 1.807) is 0 Å². The molecule has 0 bridgehead atoms. The Morgan fingerprint density at radius 1 is 1.20 bits per heavy atom. The van der Waals surface area contributed by atoms with Crippen LogP contribution in [0.1, 0.15) is 61.7 Å².